The van der Waals surface area contributed by atoms with Crippen LogP contribution in [0.3, 0.4) is 0 Å². The van der Waals surface area contributed by atoms with Crippen LogP contribution in [-0.2, 0) is 14.8 Å². The van der Waals surface area contributed by atoms with Crippen LogP contribution in [0.1, 0.15) is 37.7 Å². The molecule has 0 heterocycles. The van der Waals surface area contributed by atoms with E-state index in [1.54, 1.807) is 36.0 Å². The predicted octanol–water partition coefficient (Wildman–Crippen LogP) is 2.06. The number of sulfonamides is 1. The molecule has 1 amide bonds. The molecule has 1 aliphatic rings. The first-order valence-corrected chi connectivity index (χ1v) is 12.2. The van der Waals surface area contributed by atoms with Crippen LogP contribution in [0.4, 0.5) is 0 Å². The van der Waals surface area contributed by atoms with Crippen LogP contribution in [0, 0.1) is 12.8 Å². The van der Waals surface area contributed by atoms with Crippen LogP contribution in [-0.4, -0.2) is 50.1 Å². The number of benzene rings is 1. The lowest BCUT2D eigenvalue weighted by Crippen LogP contribution is -2.48. The average molecular weight is 415 g/mol. The van der Waals surface area contributed by atoms with Crippen molar-refractivity contribution in [2.24, 2.45) is 5.92 Å². The fourth-order valence-corrected chi connectivity index (χ4v) is 4.97. The normalized spacial score (nSPS) is 21.6. The smallest absolute Gasteiger partial charge is 0.241 e. The van der Waals surface area contributed by atoms with Gasteiger partial charge < -0.3 is 10.4 Å². The van der Waals surface area contributed by atoms with Crippen molar-refractivity contribution in [2.75, 3.05) is 18.6 Å². The van der Waals surface area contributed by atoms with Gasteiger partial charge in [0, 0.05) is 6.54 Å². The van der Waals surface area contributed by atoms with Crippen molar-refractivity contribution < 1.29 is 18.3 Å². The van der Waals surface area contributed by atoms with E-state index in [0.29, 0.717) is 25.1 Å². The highest BCUT2D eigenvalue weighted by atomic mass is 32.2. The largest absolute Gasteiger partial charge is 0.393 e. The van der Waals surface area contributed by atoms with E-state index in [1.165, 1.54) is 0 Å². The number of aliphatic hydroxyl groups is 1. The SMILES string of the molecule is CSCC[C@H](NS(=O)(=O)c1ccc(C)cc1)C(=O)NC[C@@H]1CCC[C@@H](O)C1. The molecule has 1 saturated carbocycles. The molecule has 3 N–H and O–H groups in total. The maximum Gasteiger partial charge on any atom is 0.241 e. The molecule has 1 aromatic carbocycles. The maximum atomic E-state index is 12.6. The molecule has 0 spiro atoms. The lowest BCUT2D eigenvalue weighted by Gasteiger charge is -2.27. The first kappa shape index (κ1) is 22.2. The van der Waals surface area contributed by atoms with Crippen molar-refractivity contribution in [3.63, 3.8) is 0 Å². The Morgan fingerprint density at radius 1 is 1.30 bits per heavy atom. The van der Waals surface area contributed by atoms with Gasteiger partial charge >= 0.3 is 0 Å². The summed E-state index contributed by atoms with van der Waals surface area (Å²) >= 11 is 1.57. The fourth-order valence-electron chi connectivity index (χ4n) is 3.27. The monoisotopic (exact) mass is 414 g/mol. The van der Waals surface area contributed by atoms with E-state index in [1.807, 2.05) is 13.2 Å². The summed E-state index contributed by atoms with van der Waals surface area (Å²) in [4.78, 5) is 12.8. The Kier molecular flexibility index (Phi) is 8.60. The van der Waals surface area contributed by atoms with Gasteiger partial charge in [-0.2, -0.15) is 16.5 Å². The third kappa shape index (κ3) is 7.10. The van der Waals surface area contributed by atoms with Crippen LogP contribution < -0.4 is 10.0 Å². The molecule has 152 valence electrons. The van der Waals surface area contributed by atoms with E-state index in [-0.39, 0.29) is 22.8 Å². The summed E-state index contributed by atoms with van der Waals surface area (Å²) in [7, 11) is -3.76. The Hall–Kier alpha value is -1.09. The Bertz CT molecular complexity index is 707. The molecule has 1 aliphatic carbocycles. The van der Waals surface area contributed by atoms with Crippen LogP contribution in [0.25, 0.3) is 0 Å². The zero-order valence-corrected chi connectivity index (χ0v) is 17.6. The molecule has 0 bridgehead atoms. The number of aliphatic hydroxyl groups excluding tert-OH is 1. The zero-order chi connectivity index (χ0) is 19.9. The van der Waals surface area contributed by atoms with Crippen molar-refractivity contribution in [1.82, 2.24) is 10.0 Å². The molecule has 0 aromatic heterocycles. The predicted molar refractivity (Wildman–Crippen MR) is 109 cm³/mol. The van der Waals surface area contributed by atoms with E-state index in [0.717, 1.165) is 24.8 Å². The maximum absolute atomic E-state index is 12.6. The molecule has 27 heavy (non-hydrogen) atoms. The van der Waals surface area contributed by atoms with Gasteiger partial charge in [0.15, 0.2) is 0 Å². The molecule has 3 atom stereocenters. The number of nitrogens with one attached hydrogen (secondary N) is 2. The van der Waals surface area contributed by atoms with E-state index < -0.39 is 16.1 Å². The van der Waals surface area contributed by atoms with Crippen molar-refractivity contribution in [3.05, 3.63) is 29.8 Å². The third-order valence-corrected chi connectivity index (χ3v) is 7.01. The summed E-state index contributed by atoms with van der Waals surface area (Å²) in [6.45, 7) is 2.36. The number of hydrogen-bond acceptors (Lipinski definition) is 5. The van der Waals surface area contributed by atoms with Crippen molar-refractivity contribution in [2.45, 2.75) is 56.1 Å². The summed E-state index contributed by atoms with van der Waals surface area (Å²) < 4.78 is 27.8. The highest BCUT2D eigenvalue weighted by molar-refractivity contribution is 7.98. The molecule has 1 fully saturated rings. The molecule has 8 heteroatoms. The van der Waals surface area contributed by atoms with E-state index in [4.69, 9.17) is 0 Å². The van der Waals surface area contributed by atoms with E-state index >= 15 is 0 Å². The lowest BCUT2D eigenvalue weighted by molar-refractivity contribution is -0.123. The van der Waals surface area contributed by atoms with Gasteiger partial charge in [0.05, 0.1) is 11.0 Å². The van der Waals surface area contributed by atoms with Gasteiger partial charge in [-0.15, -0.1) is 0 Å². The van der Waals surface area contributed by atoms with E-state index in [9.17, 15) is 18.3 Å². The average Bonchev–Trinajstić information content (AvgIpc) is 2.63. The minimum Gasteiger partial charge on any atom is -0.393 e. The highest BCUT2D eigenvalue weighted by Gasteiger charge is 2.27. The van der Waals surface area contributed by atoms with Crippen LogP contribution in [0.5, 0.6) is 0 Å². The van der Waals surface area contributed by atoms with Gasteiger partial charge in [-0.1, -0.05) is 24.1 Å². The summed E-state index contributed by atoms with van der Waals surface area (Å²) in [5.41, 5.74) is 0.972. The minimum absolute atomic E-state index is 0.158. The van der Waals surface area contributed by atoms with Crippen LogP contribution in [0.2, 0.25) is 0 Å². The number of aryl methyl sites for hydroxylation is 1. The molecule has 2 rings (SSSR count). The van der Waals surface area contributed by atoms with Crippen molar-refractivity contribution >= 4 is 27.7 Å². The number of carbonyl (C=O) groups excluding carboxylic acids is 1. The minimum atomic E-state index is -3.76. The number of rotatable bonds is 9. The quantitative estimate of drug-likeness (QED) is 0.575. The summed E-state index contributed by atoms with van der Waals surface area (Å²) in [5.74, 6) is 0.615. The van der Waals surface area contributed by atoms with Gasteiger partial charge in [-0.05, 0) is 62.7 Å². The first-order valence-electron chi connectivity index (χ1n) is 9.35. The fraction of sp³-hybridized carbons (Fsp3) is 0.632. The molecule has 0 aliphatic heterocycles. The highest BCUT2D eigenvalue weighted by Crippen LogP contribution is 2.23. The summed E-state index contributed by atoms with van der Waals surface area (Å²) in [6.07, 6.45) is 5.48. The lowest BCUT2D eigenvalue weighted by atomic mass is 9.87. The molecule has 0 radical (unpaired) electrons. The third-order valence-electron chi connectivity index (χ3n) is 4.88. The van der Waals surface area contributed by atoms with Crippen LogP contribution >= 0.6 is 11.8 Å². The summed E-state index contributed by atoms with van der Waals surface area (Å²) in [5, 5.41) is 12.6. The molecule has 0 unspecified atom stereocenters. The van der Waals surface area contributed by atoms with Gasteiger partial charge in [0.1, 0.15) is 6.04 Å². The molecule has 6 nitrogen and oxygen atoms in total. The molecule has 1 aromatic rings. The van der Waals surface area contributed by atoms with E-state index in [2.05, 4.69) is 10.0 Å². The van der Waals surface area contributed by atoms with Gasteiger partial charge in [-0.25, -0.2) is 8.42 Å². The second kappa shape index (κ2) is 10.5. The van der Waals surface area contributed by atoms with Gasteiger partial charge in [-0.3, -0.25) is 4.79 Å². The van der Waals surface area contributed by atoms with Gasteiger partial charge in [0.25, 0.3) is 0 Å². The molecular weight excluding hydrogens is 384 g/mol. The topological polar surface area (TPSA) is 95.5 Å². The number of thioether (sulfide) groups is 1. The zero-order valence-electron chi connectivity index (χ0n) is 16.0. The Labute approximate surface area is 166 Å². The second-order valence-electron chi connectivity index (χ2n) is 7.20. The number of amides is 1. The van der Waals surface area contributed by atoms with Gasteiger partial charge in [0.2, 0.25) is 15.9 Å². The Balaban J connectivity index is 2.00. The summed E-state index contributed by atoms with van der Waals surface area (Å²) in [6, 6.07) is 5.76. The van der Waals surface area contributed by atoms with Crippen molar-refractivity contribution in [1.29, 1.82) is 0 Å². The molecular formula is C19H30N2O4S2. The first-order chi connectivity index (χ1) is 12.8. The standard InChI is InChI=1S/C19H30N2O4S2/c1-14-6-8-17(9-7-14)27(24,25)21-18(10-11-26-2)19(23)20-13-15-4-3-5-16(22)12-15/h6-9,15-16,18,21-22H,3-5,10-13H2,1-2H3,(H,20,23)/t15-,16-,18+/m1/s1. The number of hydrogen-bond donors (Lipinski definition) is 3. The van der Waals surface area contributed by atoms with Crippen LogP contribution in [0.15, 0.2) is 29.2 Å². The Morgan fingerprint density at radius 2 is 2.00 bits per heavy atom. The second-order valence-corrected chi connectivity index (χ2v) is 9.90. The molecule has 0 saturated heterocycles. The Morgan fingerprint density at radius 3 is 2.63 bits per heavy atom. The van der Waals surface area contributed by atoms with Crippen molar-refractivity contribution in [3.8, 4) is 0 Å². The number of carbonyl (C=O) groups is 1.